The van der Waals surface area contributed by atoms with Crippen molar-refractivity contribution in [3.05, 3.63) is 22.4 Å². The van der Waals surface area contributed by atoms with Gasteiger partial charge in [-0.1, -0.05) is 0 Å². The molecule has 118 valence electrons. The number of piperidine rings is 1. The summed E-state index contributed by atoms with van der Waals surface area (Å²) in [4.78, 5) is 23.4. The summed E-state index contributed by atoms with van der Waals surface area (Å²) in [5, 5.41) is 12.8. The Kier molecular flexibility index (Phi) is 8.34. The average molecular weight is 332 g/mol. The van der Waals surface area contributed by atoms with E-state index in [9.17, 15) is 9.59 Å². The van der Waals surface area contributed by atoms with Gasteiger partial charge < -0.3 is 16.0 Å². The fourth-order valence-corrected chi connectivity index (χ4v) is 2.86. The van der Waals surface area contributed by atoms with Gasteiger partial charge in [0.2, 0.25) is 5.91 Å². The molecule has 0 spiro atoms. The van der Waals surface area contributed by atoms with E-state index >= 15 is 0 Å². The zero-order chi connectivity index (χ0) is 14.2. The maximum atomic E-state index is 11.7. The predicted molar refractivity (Wildman–Crippen MR) is 87.2 cm³/mol. The van der Waals surface area contributed by atoms with Crippen molar-refractivity contribution in [3.8, 4) is 0 Å². The fraction of sp³-hybridized carbons (Fsp3) is 0.571. The van der Waals surface area contributed by atoms with Crippen molar-refractivity contribution < 1.29 is 9.59 Å². The van der Waals surface area contributed by atoms with E-state index in [4.69, 9.17) is 0 Å². The Balaban J connectivity index is 0.00000220. The van der Waals surface area contributed by atoms with E-state index in [1.165, 1.54) is 11.3 Å². The third-order valence-corrected chi connectivity index (χ3v) is 3.99. The molecule has 1 saturated heterocycles. The van der Waals surface area contributed by atoms with Gasteiger partial charge in [-0.25, -0.2) is 0 Å². The molecule has 21 heavy (non-hydrogen) atoms. The molecule has 0 aromatic carbocycles. The van der Waals surface area contributed by atoms with Gasteiger partial charge >= 0.3 is 0 Å². The molecule has 0 bridgehead atoms. The minimum absolute atomic E-state index is 0. The van der Waals surface area contributed by atoms with E-state index in [0.29, 0.717) is 24.9 Å². The van der Waals surface area contributed by atoms with Crippen molar-refractivity contribution in [2.24, 2.45) is 0 Å². The number of amides is 2. The molecule has 2 amide bonds. The van der Waals surface area contributed by atoms with Crippen LogP contribution in [0.3, 0.4) is 0 Å². The molecular formula is C14H22ClN3O2S. The SMILES string of the molecule is Cl.O=C(CCCNC(=O)c1ccsc1)NC1CCCNC1. The van der Waals surface area contributed by atoms with Crippen molar-refractivity contribution in [2.45, 2.75) is 31.7 Å². The zero-order valence-corrected chi connectivity index (χ0v) is 13.5. The van der Waals surface area contributed by atoms with E-state index in [1.807, 2.05) is 10.8 Å². The largest absolute Gasteiger partial charge is 0.352 e. The first-order chi connectivity index (χ1) is 9.75. The van der Waals surface area contributed by atoms with Crippen molar-refractivity contribution in [3.63, 3.8) is 0 Å². The van der Waals surface area contributed by atoms with E-state index in [-0.39, 0.29) is 30.3 Å². The second kappa shape index (κ2) is 9.76. The zero-order valence-electron chi connectivity index (χ0n) is 11.9. The van der Waals surface area contributed by atoms with Crippen LogP contribution in [0.5, 0.6) is 0 Å². The van der Waals surface area contributed by atoms with Gasteiger partial charge in [-0.05, 0) is 37.3 Å². The molecule has 1 atom stereocenters. The molecular weight excluding hydrogens is 310 g/mol. The molecule has 1 unspecified atom stereocenters. The van der Waals surface area contributed by atoms with Gasteiger partial charge in [0.25, 0.3) is 5.91 Å². The molecule has 1 aliphatic heterocycles. The van der Waals surface area contributed by atoms with Gasteiger partial charge in [-0.2, -0.15) is 11.3 Å². The number of rotatable bonds is 6. The molecule has 7 heteroatoms. The number of nitrogens with one attached hydrogen (secondary N) is 3. The first-order valence-electron chi connectivity index (χ1n) is 7.06. The van der Waals surface area contributed by atoms with Gasteiger partial charge in [-0.15, -0.1) is 12.4 Å². The highest BCUT2D eigenvalue weighted by Crippen LogP contribution is 2.05. The Morgan fingerprint density at radius 2 is 2.29 bits per heavy atom. The molecule has 2 heterocycles. The summed E-state index contributed by atoms with van der Waals surface area (Å²) >= 11 is 1.50. The summed E-state index contributed by atoms with van der Waals surface area (Å²) in [5.41, 5.74) is 0.688. The lowest BCUT2D eigenvalue weighted by Gasteiger charge is -2.23. The third kappa shape index (κ3) is 6.46. The average Bonchev–Trinajstić information content (AvgIpc) is 2.99. The van der Waals surface area contributed by atoms with Crippen LogP contribution in [0.1, 0.15) is 36.0 Å². The van der Waals surface area contributed by atoms with Crippen molar-refractivity contribution in [1.82, 2.24) is 16.0 Å². The van der Waals surface area contributed by atoms with Crippen molar-refractivity contribution in [2.75, 3.05) is 19.6 Å². The molecule has 1 aromatic heterocycles. The Morgan fingerprint density at radius 1 is 1.43 bits per heavy atom. The molecule has 5 nitrogen and oxygen atoms in total. The van der Waals surface area contributed by atoms with Crippen LogP contribution in [0.4, 0.5) is 0 Å². The minimum Gasteiger partial charge on any atom is -0.352 e. The molecule has 0 radical (unpaired) electrons. The summed E-state index contributed by atoms with van der Waals surface area (Å²) in [5.74, 6) is 0.00613. The Hall–Kier alpha value is -1.11. The number of carbonyl (C=O) groups excluding carboxylic acids is 2. The van der Waals surface area contributed by atoms with Crippen molar-refractivity contribution in [1.29, 1.82) is 0 Å². The highest BCUT2D eigenvalue weighted by Gasteiger charge is 2.14. The first kappa shape index (κ1) is 17.9. The van der Waals surface area contributed by atoms with Crippen LogP contribution in [-0.4, -0.2) is 37.5 Å². The molecule has 2 rings (SSSR count). The van der Waals surface area contributed by atoms with Gasteiger partial charge in [0, 0.05) is 36.5 Å². The number of halogens is 1. The normalized spacial score (nSPS) is 17.6. The van der Waals surface area contributed by atoms with E-state index in [1.54, 1.807) is 6.07 Å². The predicted octanol–water partition coefficient (Wildman–Crippen LogP) is 1.55. The summed E-state index contributed by atoms with van der Waals surface area (Å²) in [6.45, 7) is 2.44. The van der Waals surface area contributed by atoms with E-state index in [2.05, 4.69) is 16.0 Å². The quantitative estimate of drug-likeness (QED) is 0.693. The van der Waals surface area contributed by atoms with Crippen LogP contribution in [0.2, 0.25) is 0 Å². The second-order valence-electron chi connectivity index (χ2n) is 4.98. The summed E-state index contributed by atoms with van der Waals surface area (Å²) in [6.07, 6.45) is 3.29. The fourth-order valence-electron chi connectivity index (χ4n) is 2.22. The van der Waals surface area contributed by atoms with Gasteiger partial charge in [-0.3, -0.25) is 9.59 Å². The highest BCUT2D eigenvalue weighted by molar-refractivity contribution is 7.08. The lowest BCUT2D eigenvalue weighted by molar-refractivity contribution is -0.122. The van der Waals surface area contributed by atoms with Gasteiger partial charge in [0.05, 0.1) is 0 Å². The number of hydrogen-bond acceptors (Lipinski definition) is 4. The number of thiophene rings is 1. The van der Waals surface area contributed by atoms with Crippen LogP contribution < -0.4 is 16.0 Å². The van der Waals surface area contributed by atoms with Crippen LogP contribution in [0, 0.1) is 0 Å². The lowest BCUT2D eigenvalue weighted by Crippen LogP contribution is -2.45. The Bertz CT molecular complexity index is 433. The molecule has 1 aliphatic rings. The van der Waals surface area contributed by atoms with Crippen LogP contribution >= 0.6 is 23.7 Å². The first-order valence-corrected chi connectivity index (χ1v) is 8.00. The Morgan fingerprint density at radius 3 is 2.95 bits per heavy atom. The van der Waals surface area contributed by atoms with Crippen LogP contribution in [0.25, 0.3) is 0 Å². The Labute approximate surface area is 135 Å². The molecule has 1 aromatic rings. The topological polar surface area (TPSA) is 70.2 Å². The van der Waals surface area contributed by atoms with Crippen molar-refractivity contribution >= 4 is 35.6 Å². The maximum absolute atomic E-state index is 11.7. The number of hydrogen-bond donors (Lipinski definition) is 3. The molecule has 1 fully saturated rings. The lowest BCUT2D eigenvalue weighted by atomic mass is 10.1. The van der Waals surface area contributed by atoms with Crippen LogP contribution in [-0.2, 0) is 4.79 Å². The molecule has 3 N–H and O–H groups in total. The maximum Gasteiger partial charge on any atom is 0.252 e. The summed E-state index contributed by atoms with van der Waals surface area (Å²) < 4.78 is 0. The van der Waals surface area contributed by atoms with E-state index < -0.39 is 0 Å². The second-order valence-corrected chi connectivity index (χ2v) is 5.76. The van der Waals surface area contributed by atoms with Gasteiger partial charge in [0.1, 0.15) is 0 Å². The highest BCUT2D eigenvalue weighted by atomic mass is 35.5. The van der Waals surface area contributed by atoms with Crippen LogP contribution in [0.15, 0.2) is 16.8 Å². The number of carbonyl (C=O) groups is 2. The monoisotopic (exact) mass is 331 g/mol. The standard InChI is InChI=1S/C14H21N3O2S.ClH/c18-13(17-12-3-1-6-15-9-12)4-2-7-16-14(19)11-5-8-20-10-11;/h5,8,10,12,15H,1-4,6-7,9H2,(H,16,19)(H,17,18);1H. The van der Waals surface area contributed by atoms with Gasteiger partial charge in [0.15, 0.2) is 0 Å². The smallest absolute Gasteiger partial charge is 0.252 e. The molecule has 0 aliphatic carbocycles. The third-order valence-electron chi connectivity index (χ3n) is 3.31. The summed E-state index contributed by atoms with van der Waals surface area (Å²) in [6, 6.07) is 2.06. The minimum atomic E-state index is -0.0665. The summed E-state index contributed by atoms with van der Waals surface area (Å²) in [7, 11) is 0. The molecule has 0 saturated carbocycles. The van der Waals surface area contributed by atoms with E-state index in [0.717, 1.165) is 25.9 Å².